The van der Waals surface area contributed by atoms with E-state index in [9.17, 15) is 4.79 Å². The summed E-state index contributed by atoms with van der Waals surface area (Å²) < 4.78 is 1.18. The van der Waals surface area contributed by atoms with E-state index in [1.807, 2.05) is 11.4 Å². The van der Waals surface area contributed by atoms with Gasteiger partial charge in [0.1, 0.15) is 0 Å². The molecule has 3 rings (SSSR count). The van der Waals surface area contributed by atoms with Crippen LogP contribution < -0.4 is 5.32 Å². The molecule has 0 saturated carbocycles. The summed E-state index contributed by atoms with van der Waals surface area (Å²) in [5.74, 6) is 1.43. The van der Waals surface area contributed by atoms with Crippen LogP contribution in [-0.4, -0.2) is 36.0 Å². The first-order valence-electron chi connectivity index (χ1n) is 6.27. The normalized spacial score (nSPS) is 29.6. The Bertz CT molecular complexity index is 485. The van der Waals surface area contributed by atoms with Gasteiger partial charge < -0.3 is 10.2 Å². The number of fused-ring (bicyclic) bond motifs is 1. The Kier molecular flexibility index (Phi) is 3.18. The molecule has 2 unspecified atom stereocenters. The Morgan fingerprint density at radius 2 is 2.33 bits per heavy atom. The zero-order valence-electron chi connectivity index (χ0n) is 10.6. The molecule has 18 heavy (non-hydrogen) atoms. The maximum atomic E-state index is 12.6. The molecule has 1 aromatic rings. The van der Waals surface area contributed by atoms with Crippen molar-refractivity contribution < 1.29 is 4.79 Å². The van der Waals surface area contributed by atoms with Crippen LogP contribution in [0.4, 0.5) is 0 Å². The molecule has 1 amide bonds. The van der Waals surface area contributed by atoms with Gasteiger partial charge in [-0.25, -0.2) is 0 Å². The van der Waals surface area contributed by atoms with Crippen molar-refractivity contribution in [3.05, 3.63) is 19.9 Å². The van der Waals surface area contributed by atoms with Crippen molar-refractivity contribution in [3.8, 4) is 0 Å². The molecule has 0 bridgehead atoms. The molecule has 2 saturated heterocycles. The second-order valence-corrected chi connectivity index (χ2v) is 8.54. The number of carbonyl (C=O) groups excluding carboxylic acids is 1. The van der Waals surface area contributed by atoms with E-state index in [0.717, 1.165) is 25.2 Å². The lowest BCUT2D eigenvalue weighted by Gasteiger charge is -2.35. The van der Waals surface area contributed by atoms with Crippen molar-refractivity contribution in [1.29, 1.82) is 0 Å². The molecule has 0 radical (unpaired) electrons. The largest absolute Gasteiger partial charge is 0.333 e. The third-order valence-electron chi connectivity index (χ3n) is 4.42. The molecule has 0 aliphatic carbocycles. The van der Waals surface area contributed by atoms with Gasteiger partial charge >= 0.3 is 0 Å². The molecule has 1 aromatic heterocycles. The Morgan fingerprint density at radius 1 is 1.56 bits per heavy atom. The summed E-state index contributed by atoms with van der Waals surface area (Å²) in [6.45, 7) is 7.41. The number of halogens is 1. The van der Waals surface area contributed by atoms with Gasteiger partial charge in [0.2, 0.25) is 0 Å². The molecular formula is C13H17IN2OS. The molecule has 5 heteroatoms. The number of amides is 1. The predicted molar refractivity (Wildman–Crippen MR) is 82.0 cm³/mol. The van der Waals surface area contributed by atoms with Crippen molar-refractivity contribution in [2.45, 2.75) is 19.4 Å². The number of hydrogen-bond acceptors (Lipinski definition) is 3. The zero-order chi connectivity index (χ0) is 12.9. The first kappa shape index (κ1) is 12.9. The first-order chi connectivity index (χ1) is 8.50. The predicted octanol–water partition coefficient (Wildman–Crippen LogP) is 2.42. The summed E-state index contributed by atoms with van der Waals surface area (Å²) >= 11 is 3.91. The molecule has 1 N–H and O–H groups in total. The number of thiophene rings is 1. The van der Waals surface area contributed by atoms with Crippen molar-refractivity contribution in [2.24, 2.45) is 11.8 Å². The Balaban J connectivity index is 1.87. The topological polar surface area (TPSA) is 32.3 Å². The van der Waals surface area contributed by atoms with Gasteiger partial charge in [-0.15, -0.1) is 11.3 Å². The third kappa shape index (κ3) is 1.91. The van der Waals surface area contributed by atoms with Crippen LogP contribution >= 0.6 is 33.9 Å². The van der Waals surface area contributed by atoms with Gasteiger partial charge in [-0.05, 0) is 54.3 Å². The minimum Gasteiger partial charge on any atom is -0.333 e. The lowest BCUT2D eigenvalue weighted by molar-refractivity contribution is 0.0604. The molecule has 0 aromatic carbocycles. The number of likely N-dealkylation sites (tertiary alicyclic amines) is 1. The van der Waals surface area contributed by atoms with Gasteiger partial charge in [0.15, 0.2) is 0 Å². The van der Waals surface area contributed by atoms with E-state index in [1.165, 1.54) is 2.88 Å². The number of rotatable bonds is 1. The minimum absolute atomic E-state index is 0.0291. The molecule has 2 fully saturated rings. The highest BCUT2D eigenvalue weighted by molar-refractivity contribution is 14.1. The molecule has 0 spiro atoms. The van der Waals surface area contributed by atoms with Crippen LogP contribution in [0.15, 0.2) is 11.4 Å². The second-order valence-electron chi connectivity index (χ2n) is 5.73. The molecular weight excluding hydrogens is 359 g/mol. The summed E-state index contributed by atoms with van der Waals surface area (Å²) in [5, 5.41) is 5.42. The maximum absolute atomic E-state index is 12.6. The van der Waals surface area contributed by atoms with E-state index in [1.54, 1.807) is 11.3 Å². The van der Waals surface area contributed by atoms with E-state index in [-0.39, 0.29) is 11.4 Å². The zero-order valence-corrected chi connectivity index (χ0v) is 13.5. The highest BCUT2D eigenvalue weighted by Gasteiger charge is 2.51. The van der Waals surface area contributed by atoms with E-state index < -0.39 is 0 Å². The summed E-state index contributed by atoms with van der Waals surface area (Å²) in [4.78, 5) is 14.7. The molecule has 3 heterocycles. The molecule has 98 valence electrons. The summed E-state index contributed by atoms with van der Waals surface area (Å²) in [7, 11) is 0. The van der Waals surface area contributed by atoms with E-state index in [4.69, 9.17) is 0 Å². The van der Waals surface area contributed by atoms with Crippen LogP contribution in [0.1, 0.15) is 24.2 Å². The van der Waals surface area contributed by atoms with Crippen LogP contribution in [0.5, 0.6) is 0 Å². The average Bonchev–Trinajstić information content (AvgIpc) is 2.96. The van der Waals surface area contributed by atoms with E-state index in [2.05, 4.69) is 46.7 Å². The number of nitrogens with one attached hydrogen (secondary N) is 1. The van der Waals surface area contributed by atoms with E-state index in [0.29, 0.717) is 11.8 Å². The summed E-state index contributed by atoms with van der Waals surface area (Å²) in [6.07, 6.45) is 0. The van der Waals surface area contributed by atoms with Gasteiger partial charge in [-0.2, -0.15) is 0 Å². The van der Waals surface area contributed by atoms with Gasteiger partial charge in [0, 0.05) is 30.6 Å². The van der Waals surface area contributed by atoms with Crippen molar-refractivity contribution in [2.75, 3.05) is 19.6 Å². The highest BCUT2D eigenvalue weighted by Crippen LogP contribution is 2.41. The fraction of sp³-hybridized carbons (Fsp3) is 0.615. The van der Waals surface area contributed by atoms with Crippen LogP contribution in [-0.2, 0) is 0 Å². The van der Waals surface area contributed by atoms with Crippen molar-refractivity contribution in [3.63, 3.8) is 0 Å². The summed E-state index contributed by atoms with van der Waals surface area (Å²) in [6, 6.07) is 2.00. The van der Waals surface area contributed by atoms with Gasteiger partial charge in [-0.1, -0.05) is 0 Å². The molecule has 2 aliphatic heterocycles. The lowest BCUT2D eigenvalue weighted by Crippen LogP contribution is -2.47. The Morgan fingerprint density at radius 3 is 2.94 bits per heavy atom. The van der Waals surface area contributed by atoms with E-state index >= 15 is 0 Å². The SMILES string of the molecule is CC1(C)C2CNCC2CN1C(=O)c1csc(I)c1. The van der Waals surface area contributed by atoms with Crippen molar-refractivity contribution in [1.82, 2.24) is 10.2 Å². The second kappa shape index (κ2) is 4.45. The van der Waals surface area contributed by atoms with Crippen molar-refractivity contribution >= 4 is 39.8 Å². The van der Waals surface area contributed by atoms with Crippen LogP contribution in [0.25, 0.3) is 0 Å². The quantitative estimate of drug-likeness (QED) is 0.764. The number of hydrogen-bond donors (Lipinski definition) is 1. The fourth-order valence-corrected chi connectivity index (χ4v) is 4.66. The van der Waals surface area contributed by atoms with Crippen LogP contribution in [0.2, 0.25) is 0 Å². The fourth-order valence-electron chi connectivity index (χ4n) is 3.34. The monoisotopic (exact) mass is 376 g/mol. The maximum Gasteiger partial charge on any atom is 0.255 e. The molecule has 2 aliphatic rings. The highest BCUT2D eigenvalue weighted by atomic mass is 127. The van der Waals surface area contributed by atoms with Gasteiger partial charge in [0.25, 0.3) is 5.91 Å². The Hall–Kier alpha value is -0.140. The average molecular weight is 376 g/mol. The van der Waals surface area contributed by atoms with Gasteiger partial charge in [-0.3, -0.25) is 4.79 Å². The smallest absolute Gasteiger partial charge is 0.255 e. The molecule has 3 nitrogen and oxygen atoms in total. The summed E-state index contributed by atoms with van der Waals surface area (Å²) in [5.41, 5.74) is 0.823. The van der Waals surface area contributed by atoms with Gasteiger partial charge in [0.05, 0.1) is 8.45 Å². The van der Waals surface area contributed by atoms with Crippen LogP contribution in [0.3, 0.4) is 0 Å². The third-order valence-corrected chi connectivity index (χ3v) is 6.21. The molecule has 2 atom stereocenters. The Labute approximate surface area is 125 Å². The first-order valence-corrected chi connectivity index (χ1v) is 8.22. The minimum atomic E-state index is -0.0291. The number of nitrogens with zero attached hydrogens (tertiary/aromatic N) is 1. The standard InChI is InChI=1S/C13H17IN2OS/c1-13(2)10-5-15-4-9(10)6-16(13)12(17)8-3-11(14)18-7-8/h3,7,9-10,15H,4-6H2,1-2H3. The number of carbonyl (C=O) groups is 1. The lowest BCUT2D eigenvalue weighted by atomic mass is 9.85. The van der Waals surface area contributed by atoms with Crippen LogP contribution in [0, 0.1) is 14.7 Å².